The molecule has 0 amide bonds. The van der Waals surface area contributed by atoms with E-state index < -0.39 is 0 Å². The van der Waals surface area contributed by atoms with Crippen LogP contribution in [0, 0.1) is 5.92 Å². The van der Waals surface area contributed by atoms with Gasteiger partial charge >= 0.3 is 0 Å². The van der Waals surface area contributed by atoms with Gasteiger partial charge in [0.05, 0.1) is 7.11 Å². The summed E-state index contributed by atoms with van der Waals surface area (Å²) in [6.07, 6.45) is 5.19. The molecular weight excluding hydrogens is 248 g/mol. The SMILES string of the molecule is COc1cccc(N(C)C2CCC(C)CC2)c1C(C)N. The summed E-state index contributed by atoms with van der Waals surface area (Å²) in [7, 11) is 3.91. The zero-order valence-electron chi connectivity index (χ0n) is 13.2. The van der Waals surface area contributed by atoms with E-state index in [0.717, 1.165) is 17.2 Å². The summed E-state index contributed by atoms with van der Waals surface area (Å²) < 4.78 is 5.50. The molecule has 2 rings (SSSR count). The molecule has 0 aliphatic heterocycles. The molecule has 1 atom stereocenters. The molecule has 1 aliphatic rings. The van der Waals surface area contributed by atoms with E-state index >= 15 is 0 Å². The molecule has 112 valence electrons. The lowest BCUT2D eigenvalue weighted by Gasteiger charge is -2.36. The largest absolute Gasteiger partial charge is 0.496 e. The van der Waals surface area contributed by atoms with E-state index in [1.165, 1.54) is 31.4 Å². The monoisotopic (exact) mass is 276 g/mol. The fourth-order valence-corrected chi connectivity index (χ4v) is 3.30. The summed E-state index contributed by atoms with van der Waals surface area (Å²) in [6, 6.07) is 6.82. The van der Waals surface area contributed by atoms with Gasteiger partial charge in [-0.3, -0.25) is 0 Å². The Morgan fingerprint density at radius 2 is 1.90 bits per heavy atom. The standard InChI is InChI=1S/C17H28N2O/c1-12-8-10-14(11-9-12)19(3)15-6-5-7-16(20-4)17(15)13(2)18/h5-7,12-14H,8-11,18H2,1-4H3. The van der Waals surface area contributed by atoms with Crippen LogP contribution in [0.2, 0.25) is 0 Å². The van der Waals surface area contributed by atoms with Crippen molar-refractivity contribution in [3.63, 3.8) is 0 Å². The van der Waals surface area contributed by atoms with Crippen LogP contribution in [-0.2, 0) is 0 Å². The summed E-state index contributed by atoms with van der Waals surface area (Å²) in [6.45, 7) is 4.38. The van der Waals surface area contributed by atoms with Gasteiger partial charge in [0.15, 0.2) is 0 Å². The smallest absolute Gasteiger partial charge is 0.125 e. The number of hydrogen-bond acceptors (Lipinski definition) is 3. The normalized spacial score (nSPS) is 24.2. The van der Waals surface area contributed by atoms with Gasteiger partial charge in [-0.15, -0.1) is 0 Å². The summed E-state index contributed by atoms with van der Waals surface area (Å²) in [5.74, 6) is 1.77. The Balaban J connectivity index is 2.27. The highest BCUT2D eigenvalue weighted by Gasteiger charge is 2.25. The molecule has 1 aliphatic carbocycles. The van der Waals surface area contributed by atoms with E-state index in [2.05, 4.69) is 31.0 Å². The van der Waals surface area contributed by atoms with Crippen molar-refractivity contribution >= 4 is 5.69 Å². The molecule has 2 N–H and O–H groups in total. The Kier molecular flexibility index (Phi) is 4.92. The molecule has 0 saturated heterocycles. The van der Waals surface area contributed by atoms with Crippen LogP contribution in [0.3, 0.4) is 0 Å². The minimum Gasteiger partial charge on any atom is -0.496 e. The van der Waals surface area contributed by atoms with Crippen LogP contribution < -0.4 is 15.4 Å². The van der Waals surface area contributed by atoms with Gasteiger partial charge in [-0.25, -0.2) is 0 Å². The first kappa shape index (κ1) is 15.2. The van der Waals surface area contributed by atoms with E-state index in [0.29, 0.717) is 6.04 Å². The van der Waals surface area contributed by atoms with E-state index in [1.807, 2.05) is 13.0 Å². The maximum atomic E-state index is 6.17. The van der Waals surface area contributed by atoms with Crippen LogP contribution in [0.5, 0.6) is 5.75 Å². The first-order valence-corrected chi connectivity index (χ1v) is 7.70. The number of anilines is 1. The lowest BCUT2D eigenvalue weighted by Crippen LogP contribution is -2.35. The van der Waals surface area contributed by atoms with Gasteiger partial charge in [-0.1, -0.05) is 13.0 Å². The van der Waals surface area contributed by atoms with Gasteiger partial charge in [0.25, 0.3) is 0 Å². The van der Waals surface area contributed by atoms with Crippen molar-refractivity contribution in [3.05, 3.63) is 23.8 Å². The Labute approximate surface area is 123 Å². The van der Waals surface area contributed by atoms with Crippen LogP contribution >= 0.6 is 0 Å². The highest BCUT2D eigenvalue weighted by atomic mass is 16.5. The fraction of sp³-hybridized carbons (Fsp3) is 0.647. The summed E-state index contributed by atoms with van der Waals surface area (Å²) >= 11 is 0. The number of nitrogens with zero attached hydrogens (tertiary/aromatic N) is 1. The number of hydrogen-bond donors (Lipinski definition) is 1. The fourth-order valence-electron chi connectivity index (χ4n) is 3.30. The molecule has 0 heterocycles. The minimum atomic E-state index is -0.0221. The summed E-state index contributed by atoms with van der Waals surface area (Å²) in [4.78, 5) is 2.41. The lowest BCUT2D eigenvalue weighted by atomic mass is 9.86. The van der Waals surface area contributed by atoms with Gasteiger partial charge in [-0.05, 0) is 50.7 Å². The van der Waals surface area contributed by atoms with Crippen molar-refractivity contribution in [1.82, 2.24) is 0 Å². The molecule has 1 aromatic carbocycles. The molecule has 0 spiro atoms. The Hall–Kier alpha value is -1.22. The molecule has 1 saturated carbocycles. The average Bonchev–Trinajstić information content (AvgIpc) is 2.46. The van der Waals surface area contributed by atoms with Crippen LogP contribution in [0.25, 0.3) is 0 Å². The predicted molar refractivity (Wildman–Crippen MR) is 85.4 cm³/mol. The molecule has 1 unspecified atom stereocenters. The van der Waals surface area contributed by atoms with Gasteiger partial charge in [-0.2, -0.15) is 0 Å². The molecule has 0 aromatic heterocycles. The molecule has 0 radical (unpaired) electrons. The molecule has 1 aromatic rings. The number of ether oxygens (including phenoxy) is 1. The minimum absolute atomic E-state index is 0.0221. The van der Waals surface area contributed by atoms with Crippen molar-refractivity contribution in [3.8, 4) is 5.75 Å². The molecule has 0 bridgehead atoms. The van der Waals surface area contributed by atoms with Crippen molar-refractivity contribution in [2.75, 3.05) is 19.1 Å². The van der Waals surface area contributed by atoms with Crippen LogP contribution in [0.1, 0.15) is 51.1 Å². The van der Waals surface area contributed by atoms with Gasteiger partial charge in [0.2, 0.25) is 0 Å². The van der Waals surface area contributed by atoms with Crippen molar-refractivity contribution in [1.29, 1.82) is 0 Å². The highest BCUT2D eigenvalue weighted by Crippen LogP contribution is 2.36. The van der Waals surface area contributed by atoms with Crippen LogP contribution in [0.15, 0.2) is 18.2 Å². The summed E-state index contributed by atoms with van der Waals surface area (Å²) in [5, 5.41) is 0. The highest BCUT2D eigenvalue weighted by molar-refractivity contribution is 5.61. The molecule has 3 heteroatoms. The first-order chi connectivity index (χ1) is 9.54. The lowest BCUT2D eigenvalue weighted by molar-refractivity contribution is 0.340. The third-order valence-corrected chi connectivity index (χ3v) is 4.63. The van der Waals surface area contributed by atoms with Crippen molar-refractivity contribution in [2.24, 2.45) is 11.7 Å². The third-order valence-electron chi connectivity index (χ3n) is 4.63. The second-order valence-corrected chi connectivity index (χ2v) is 6.21. The second kappa shape index (κ2) is 6.49. The molecule has 3 nitrogen and oxygen atoms in total. The first-order valence-electron chi connectivity index (χ1n) is 7.70. The van der Waals surface area contributed by atoms with Gasteiger partial charge in [0, 0.05) is 30.4 Å². The Morgan fingerprint density at radius 3 is 2.45 bits per heavy atom. The number of nitrogens with two attached hydrogens (primary N) is 1. The van der Waals surface area contributed by atoms with Crippen molar-refractivity contribution < 1.29 is 4.74 Å². The zero-order chi connectivity index (χ0) is 14.7. The van der Waals surface area contributed by atoms with Gasteiger partial charge in [0.1, 0.15) is 5.75 Å². The van der Waals surface area contributed by atoms with Crippen LogP contribution in [0.4, 0.5) is 5.69 Å². The second-order valence-electron chi connectivity index (χ2n) is 6.21. The number of methoxy groups -OCH3 is 1. The van der Waals surface area contributed by atoms with E-state index in [9.17, 15) is 0 Å². The summed E-state index contributed by atoms with van der Waals surface area (Å²) in [5.41, 5.74) is 8.52. The molecular formula is C17H28N2O. The Bertz CT molecular complexity index is 437. The van der Waals surface area contributed by atoms with E-state index in [-0.39, 0.29) is 6.04 Å². The topological polar surface area (TPSA) is 38.5 Å². The van der Waals surface area contributed by atoms with E-state index in [4.69, 9.17) is 10.5 Å². The third kappa shape index (κ3) is 3.09. The quantitative estimate of drug-likeness (QED) is 0.910. The number of benzene rings is 1. The predicted octanol–water partition coefficient (Wildman–Crippen LogP) is 3.73. The average molecular weight is 276 g/mol. The Morgan fingerprint density at radius 1 is 1.25 bits per heavy atom. The number of rotatable bonds is 4. The zero-order valence-corrected chi connectivity index (χ0v) is 13.2. The van der Waals surface area contributed by atoms with Crippen molar-refractivity contribution in [2.45, 2.75) is 51.6 Å². The maximum Gasteiger partial charge on any atom is 0.125 e. The van der Waals surface area contributed by atoms with E-state index in [1.54, 1.807) is 7.11 Å². The molecule has 1 fully saturated rings. The van der Waals surface area contributed by atoms with Crippen LogP contribution in [-0.4, -0.2) is 20.2 Å². The molecule has 20 heavy (non-hydrogen) atoms. The maximum absolute atomic E-state index is 6.17. The van der Waals surface area contributed by atoms with Gasteiger partial charge < -0.3 is 15.4 Å².